The number of hydrogen-bond acceptors (Lipinski definition) is 4. The van der Waals surface area contributed by atoms with E-state index in [1.54, 1.807) is 32.9 Å². The molecular weight excluding hydrogens is 244 g/mol. The van der Waals surface area contributed by atoms with Crippen LogP contribution in [-0.2, 0) is 16.0 Å². The molecule has 1 aliphatic carbocycles. The minimum atomic E-state index is -2.05. The Hall–Kier alpha value is -1.68. The fraction of sp³-hybridized carbons (Fsp3) is 0.467. The Balaban J connectivity index is 2.32. The molecule has 19 heavy (non-hydrogen) atoms. The first-order valence-corrected chi connectivity index (χ1v) is 6.32. The van der Waals surface area contributed by atoms with E-state index in [0.29, 0.717) is 12.0 Å². The van der Waals surface area contributed by atoms with Gasteiger partial charge in [-0.3, -0.25) is 4.79 Å². The molecule has 1 aliphatic rings. The van der Waals surface area contributed by atoms with Crippen molar-refractivity contribution < 1.29 is 19.4 Å². The zero-order valence-electron chi connectivity index (χ0n) is 11.4. The first kappa shape index (κ1) is 13.7. The Morgan fingerprint density at radius 3 is 2.58 bits per heavy atom. The molecule has 1 aromatic carbocycles. The fourth-order valence-electron chi connectivity index (χ4n) is 2.17. The summed E-state index contributed by atoms with van der Waals surface area (Å²) in [4.78, 5) is 24.4. The molecule has 0 amide bonds. The zero-order chi connectivity index (χ0) is 14.3. The molecule has 1 atom stereocenters. The molecule has 1 aromatic rings. The number of carbonyl (C=O) groups excluding carboxylic acids is 2. The van der Waals surface area contributed by atoms with Crippen molar-refractivity contribution in [3.8, 4) is 0 Å². The van der Waals surface area contributed by atoms with Crippen LogP contribution in [0.15, 0.2) is 24.3 Å². The number of aryl methyl sites for hydroxylation is 1. The van der Waals surface area contributed by atoms with Gasteiger partial charge in [-0.15, -0.1) is 0 Å². The topological polar surface area (TPSA) is 63.6 Å². The van der Waals surface area contributed by atoms with E-state index in [4.69, 9.17) is 4.74 Å². The molecule has 1 N–H and O–H groups in total. The molecular formula is C15H18O4. The molecule has 4 heteroatoms. The van der Waals surface area contributed by atoms with Crippen LogP contribution in [0.4, 0.5) is 0 Å². The maximum absolute atomic E-state index is 12.3. The van der Waals surface area contributed by atoms with Crippen LogP contribution in [0.5, 0.6) is 0 Å². The molecule has 0 spiro atoms. The number of rotatable bonds is 1. The van der Waals surface area contributed by atoms with Crippen LogP contribution in [0, 0.1) is 0 Å². The number of ether oxygens (including phenoxy) is 1. The fourth-order valence-corrected chi connectivity index (χ4v) is 2.17. The lowest BCUT2D eigenvalue weighted by Gasteiger charge is -2.32. The van der Waals surface area contributed by atoms with Crippen molar-refractivity contribution in [2.45, 2.75) is 44.8 Å². The Kier molecular flexibility index (Phi) is 3.22. The molecule has 0 saturated heterocycles. The van der Waals surface area contributed by atoms with Gasteiger partial charge in [0.25, 0.3) is 0 Å². The smallest absolute Gasteiger partial charge is 0.346 e. The summed E-state index contributed by atoms with van der Waals surface area (Å²) in [6, 6.07) is 7.02. The maximum atomic E-state index is 12.3. The number of aliphatic hydroxyl groups is 1. The van der Waals surface area contributed by atoms with Gasteiger partial charge >= 0.3 is 5.97 Å². The normalized spacial score (nSPS) is 22.8. The molecule has 2 rings (SSSR count). The van der Waals surface area contributed by atoms with E-state index >= 15 is 0 Å². The number of Topliss-reactive ketones (excluding diaryl/α,β-unsaturated/α-hetero) is 1. The molecule has 0 aromatic heterocycles. The van der Waals surface area contributed by atoms with Gasteiger partial charge in [-0.05, 0) is 39.2 Å². The van der Waals surface area contributed by atoms with Crippen LogP contribution in [0.1, 0.15) is 43.1 Å². The Morgan fingerprint density at radius 1 is 1.32 bits per heavy atom. The third kappa shape index (κ3) is 2.54. The van der Waals surface area contributed by atoms with Gasteiger partial charge in [0.05, 0.1) is 0 Å². The summed E-state index contributed by atoms with van der Waals surface area (Å²) in [7, 11) is 0. The number of fused-ring (bicyclic) bond motifs is 1. The second-order valence-corrected chi connectivity index (χ2v) is 5.85. The van der Waals surface area contributed by atoms with E-state index in [-0.39, 0.29) is 6.42 Å². The van der Waals surface area contributed by atoms with Gasteiger partial charge in [-0.25, -0.2) is 4.79 Å². The lowest BCUT2D eigenvalue weighted by atomic mass is 9.79. The van der Waals surface area contributed by atoms with Gasteiger partial charge in [0, 0.05) is 5.56 Å². The zero-order valence-corrected chi connectivity index (χ0v) is 11.4. The molecule has 0 radical (unpaired) electrons. The second-order valence-electron chi connectivity index (χ2n) is 5.85. The summed E-state index contributed by atoms with van der Waals surface area (Å²) in [6.45, 7) is 5.11. The molecule has 4 nitrogen and oxygen atoms in total. The highest BCUT2D eigenvalue weighted by Gasteiger charge is 2.49. The quantitative estimate of drug-likeness (QED) is 0.620. The van der Waals surface area contributed by atoms with Gasteiger partial charge in [-0.1, -0.05) is 24.3 Å². The molecule has 102 valence electrons. The highest BCUT2D eigenvalue weighted by Crippen LogP contribution is 2.30. The van der Waals surface area contributed by atoms with Crippen LogP contribution >= 0.6 is 0 Å². The predicted octanol–water partition coefficient (Wildman–Crippen LogP) is 1.89. The molecule has 0 aliphatic heterocycles. The van der Waals surface area contributed by atoms with E-state index in [9.17, 15) is 14.7 Å². The first-order valence-electron chi connectivity index (χ1n) is 6.32. The SMILES string of the molecule is CC(C)(C)OC(=O)[C@]1(O)CCc2ccccc2C1=O. The number of ketones is 1. The van der Waals surface area contributed by atoms with Crippen molar-refractivity contribution in [3.05, 3.63) is 35.4 Å². The van der Waals surface area contributed by atoms with Crippen molar-refractivity contribution in [1.82, 2.24) is 0 Å². The number of carbonyl (C=O) groups is 2. The van der Waals surface area contributed by atoms with E-state index in [1.165, 1.54) is 0 Å². The Bertz CT molecular complexity index is 527. The second kappa shape index (κ2) is 4.46. The van der Waals surface area contributed by atoms with Gasteiger partial charge in [-0.2, -0.15) is 0 Å². The van der Waals surface area contributed by atoms with Gasteiger partial charge in [0.15, 0.2) is 0 Å². The number of hydrogen-bond donors (Lipinski definition) is 1. The summed E-state index contributed by atoms with van der Waals surface area (Å²) >= 11 is 0. The van der Waals surface area contributed by atoms with E-state index in [2.05, 4.69) is 0 Å². The lowest BCUT2D eigenvalue weighted by molar-refractivity contribution is -0.172. The van der Waals surface area contributed by atoms with E-state index in [1.807, 2.05) is 12.1 Å². The number of benzene rings is 1. The van der Waals surface area contributed by atoms with Crippen molar-refractivity contribution >= 4 is 11.8 Å². The molecule has 0 fully saturated rings. The monoisotopic (exact) mass is 262 g/mol. The number of esters is 1. The molecule has 0 saturated carbocycles. The average Bonchev–Trinajstić information content (AvgIpc) is 2.32. The van der Waals surface area contributed by atoms with Crippen LogP contribution in [0.2, 0.25) is 0 Å². The van der Waals surface area contributed by atoms with Crippen molar-refractivity contribution in [3.63, 3.8) is 0 Å². The summed E-state index contributed by atoms with van der Waals surface area (Å²) < 4.78 is 5.16. The maximum Gasteiger partial charge on any atom is 0.346 e. The van der Waals surface area contributed by atoms with Gasteiger partial charge in [0.2, 0.25) is 11.4 Å². The first-order chi connectivity index (χ1) is 8.74. The van der Waals surface area contributed by atoms with Gasteiger partial charge < -0.3 is 9.84 Å². The highest BCUT2D eigenvalue weighted by molar-refractivity contribution is 6.16. The van der Waals surface area contributed by atoms with E-state index < -0.39 is 23.0 Å². The highest BCUT2D eigenvalue weighted by atomic mass is 16.6. The minimum Gasteiger partial charge on any atom is -0.457 e. The summed E-state index contributed by atoms with van der Waals surface area (Å²) in [5.41, 5.74) is -1.52. The standard InChI is InChI=1S/C15H18O4/c1-14(2,3)19-13(17)15(18)9-8-10-6-4-5-7-11(10)12(15)16/h4-7,18H,8-9H2,1-3H3/t15-/m0/s1. The molecule has 0 heterocycles. The van der Waals surface area contributed by atoms with Gasteiger partial charge in [0.1, 0.15) is 5.60 Å². The summed E-state index contributed by atoms with van der Waals surface area (Å²) in [5, 5.41) is 10.4. The molecule has 0 unspecified atom stereocenters. The molecule has 0 bridgehead atoms. The van der Waals surface area contributed by atoms with Crippen LogP contribution in [-0.4, -0.2) is 28.1 Å². The average molecular weight is 262 g/mol. The largest absolute Gasteiger partial charge is 0.457 e. The minimum absolute atomic E-state index is 0.0672. The van der Waals surface area contributed by atoms with Crippen molar-refractivity contribution in [1.29, 1.82) is 0 Å². The van der Waals surface area contributed by atoms with Crippen LogP contribution in [0.25, 0.3) is 0 Å². The predicted molar refractivity (Wildman–Crippen MR) is 69.9 cm³/mol. The van der Waals surface area contributed by atoms with Crippen LogP contribution in [0.3, 0.4) is 0 Å². The third-order valence-electron chi connectivity index (χ3n) is 3.13. The summed E-state index contributed by atoms with van der Waals surface area (Å²) in [5.74, 6) is -1.43. The Morgan fingerprint density at radius 2 is 1.95 bits per heavy atom. The van der Waals surface area contributed by atoms with Crippen LogP contribution < -0.4 is 0 Å². The van der Waals surface area contributed by atoms with E-state index in [0.717, 1.165) is 5.56 Å². The van der Waals surface area contributed by atoms with Crippen molar-refractivity contribution in [2.24, 2.45) is 0 Å². The third-order valence-corrected chi connectivity index (χ3v) is 3.13. The summed E-state index contributed by atoms with van der Waals surface area (Å²) in [6.07, 6.45) is 0.551. The van der Waals surface area contributed by atoms with Crippen molar-refractivity contribution in [2.75, 3.05) is 0 Å². The Labute approximate surface area is 112 Å². The lowest BCUT2D eigenvalue weighted by Crippen LogP contribution is -2.52.